The molecule has 0 spiro atoms. The number of rotatable bonds is 7. The van der Waals surface area contributed by atoms with Gasteiger partial charge in [0.15, 0.2) is 5.11 Å². The summed E-state index contributed by atoms with van der Waals surface area (Å²) in [5.41, 5.74) is 2.67. The van der Waals surface area contributed by atoms with Gasteiger partial charge in [0.2, 0.25) is 5.91 Å². The molecule has 2 rings (SSSR count). The summed E-state index contributed by atoms with van der Waals surface area (Å²) in [5.74, 6) is 0.678. The number of ether oxygens (including phenoxy) is 1. The molecule has 2 amide bonds. The van der Waals surface area contributed by atoms with Gasteiger partial charge in [-0.05, 0) is 76.9 Å². The monoisotopic (exact) mass is 491 g/mol. The summed E-state index contributed by atoms with van der Waals surface area (Å²) in [6.45, 7) is 8.39. The van der Waals surface area contributed by atoms with Crippen LogP contribution in [0.2, 0.25) is 0 Å². The number of benzene rings is 2. The van der Waals surface area contributed by atoms with E-state index in [9.17, 15) is 9.59 Å². The molecule has 30 heavy (non-hydrogen) atoms. The zero-order valence-electron chi connectivity index (χ0n) is 17.5. The van der Waals surface area contributed by atoms with Crippen molar-refractivity contribution in [2.24, 2.45) is 5.92 Å². The Balaban J connectivity index is 2.03. The Morgan fingerprint density at radius 1 is 1.13 bits per heavy atom. The first-order valence-corrected chi connectivity index (χ1v) is 10.9. The Morgan fingerprint density at radius 3 is 2.40 bits per heavy atom. The molecule has 0 aliphatic heterocycles. The van der Waals surface area contributed by atoms with Gasteiger partial charge in [-0.1, -0.05) is 26.8 Å². The Hall–Kier alpha value is -2.45. The number of halogens is 1. The number of nitrogens with one attached hydrogen (secondary N) is 3. The van der Waals surface area contributed by atoms with Crippen LogP contribution in [0.3, 0.4) is 0 Å². The molecule has 0 saturated heterocycles. The molecular formula is C22H26BrN3O3S. The zero-order valence-corrected chi connectivity index (χ0v) is 19.9. The van der Waals surface area contributed by atoms with Crippen molar-refractivity contribution < 1.29 is 14.3 Å². The molecule has 2 aromatic rings. The van der Waals surface area contributed by atoms with E-state index in [4.69, 9.17) is 17.0 Å². The summed E-state index contributed by atoms with van der Waals surface area (Å²) in [7, 11) is 0. The van der Waals surface area contributed by atoms with E-state index in [1.54, 1.807) is 31.2 Å². The maximum Gasteiger partial charge on any atom is 0.257 e. The molecule has 0 aliphatic rings. The number of amides is 2. The zero-order chi connectivity index (χ0) is 22.3. The molecule has 0 aromatic heterocycles. The van der Waals surface area contributed by atoms with Crippen molar-refractivity contribution in [1.29, 1.82) is 0 Å². The molecule has 0 unspecified atom stereocenters. The molecule has 0 aliphatic carbocycles. The van der Waals surface area contributed by atoms with Crippen LogP contribution in [0.25, 0.3) is 0 Å². The summed E-state index contributed by atoms with van der Waals surface area (Å²) in [5, 5.41) is 8.69. The standard InChI is InChI=1S/C22H26BrN3O3S/c1-5-20(27)24-17-7-6-8-18(14(17)4)25-22(30)26-21(28)15-9-10-19(16(23)11-15)29-12-13(2)3/h6-11,13H,5,12H2,1-4H3,(H,24,27)(H2,25,26,28,30). The van der Waals surface area contributed by atoms with E-state index in [0.717, 1.165) is 5.56 Å². The number of anilines is 2. The van der Waals surface area contributed by atoms with E-state index < -0.39 is 0 Å². The fourth-order valence-corrected chi connectivity index (χ4v) is 3.19. The highest BCUT2D eigenvalue weighted by Gasteiger charge is 2.13. The van der Waals surface area contributed by atoms with Crippen LogP contribution in [-0.4, -0.2) is 23.5 Å². The van der Waals surface area contributed by atoms with Gasteiger partial charge < -0.3 is 15.4 Å². The topological polar surface area (TPSA) is 79.5 Å². The second-order valence-electron chi connectivity index (χ2n) is 7.14. The van der Waals surface area contributed by atoms with Gasteiger partial charge in [0.1, 0.15) is 5.75 Å². The lowest BCUT2D eigenvalue weighted by Gasteiger charge is -2.15. The van der Waals surface area contributed by atoms with Crippen LogP contribution in [0.4, 0.5) is 11.4 Å². The maximum atomic E-state index is 12.6. The quantitative estimate of drug-likeness (QED) is 0.459. The van der Waals surface area contributed by atoms with Gasteiger partial charge in [-0.15, -0.1) is 0 Å². The van der Waals surface area contributed by atoms with Crippen LogP contribution in [-0.2, 0) is 4.79 Å². The molecule has 160 valence electrons. The van der Waals surface area contributed by atoms with Crippen molar-refractivity contribution in [3.63, 3.8) is 0 Å². The van der Waals surface area contributed by atoms with Gasteiger partial charge in [-0.25, -0.2) is 0 Å². The molecule has 6 nitrogen and oxygen atoms in total. The van der Waals surface area contributed by atoms with Crippen LogP contribution in [0.1, 0.15) is 43.1 Å². The smallest absolute Gasteiger partial charge is 0.257 e. The van der Waals surface area contributed by atoms with Gasteiger partial charge in [0.25, 0.3) is 5.91 Å². The van der Waals surface area contributed by atoms with Gasteiger partial charge in [-0.2, -0.15) is 0 Å². The Labute approximate surface area is 190 Å². The van der Waals surface area contributed by atoms with Crippen molar-refractivity contribution in [3.05, 3.63) is 52.0 Å². The highest BCUT2D eigenvalue weighted by Crippen LogP contribution is 2.27. The van der Waals surface area contributed by atoms with E-state index in [-0.39, 0.29) is 16.9 Å². The van der Waals surface area contributed by atoms with Gasteiger partial charge in [-0.3, -0.25) is 14.9 Å². The summed E-state index contributed by atoms with van der Waals surface area (Å²) in [6, 6.07) is 10.6. The van der Waals surface area contributed by atoms with E-state index in [0.29, 0.717) is 46.1 Å². The number of thiocarbonyl (C=S) groups is 1. The van der Waals surface area contributed by atoms with Crippen molar-refractivity contribution in [2.75, 3.05) is 17.2 Å². The number of hydrogen-bond acceptors (Lipinski definition) is 4. The molecule has 0 saturated carbocycles. The first kappa shape index (κ1) is 23.8. The third-order valence-corrected chi connectivity index (χ3v) is 4.99. The van der Waals surface area contributed by atoms with E-state index >= 15 is 0 Å². The molecule has 0 fully saturated rings. The molecule has 0 radical (unpaired) electrons. The molecular weight excluding hydrogens is 466 g/mol. The SMILES string of the molecule is CCC(=O)Nc1cccc(NC(=S)NC(=O)c2ccc(OCC(C)C)c(Br)c2)c1C. The number of carbonyl (C=O) groups excluding carboxylic acids is 2. The molecule has 2 aromatic carbocycles. The first-order valence-electron chi connectivity index (χ1n) is 9.65. The fourth-order valence-electron chi connectivity index (χ4n) is 2.49. The molecule has 0 heterocycles. The Bertz CT molecular complexity index is 947. The van der Waals surface area contributed by atoms with Crippen molar-refractivity contribution in [2.45, 2.75) is 34.1 Å². The minimum atomic E-state index is -0.336. The van der Waals surface area contributed by atoms with Crippen molar-refractivity contribution in [3.8, 4) is 5.75 Å². The lowest BCUT2D eigenvalue weighted by Crippen LogP contribution is -2.34. The molecule has 3 N–H and O–H groups in total. The Kier molecular flexibility index (Phi) is 8.80. The van der Waals surface area contributed by atoms with E-state index in [2.05, 4.69) is 45.7 Å². The maximum absolute atomic E-state index is 12.6. The highest BCUT2D eigenvalue weighted by molar-refractivity contribution is 9.10. The second kappa shape index (κ2) is 11.1. The van der Waals surface area contributed by atoms with E-state index in [1.807, 2.05) is 19.1 Å². The minimum absolute atomic E-state index is 0.0717. The highest BCUT2D eigenvalue weighted by atomic mass is 79.9. The fraction of sp³-hybridized carbons (Fsp3) is 0.318. The largest absolute Gasteiger partial charge is 0.492 e. The van der Waals surface area contributed by atoms with E-state index in [1.165, 1.54) is 0 Å². The lowest BCUT2D eigenvalue weighted by molar-refractivity contribution is -0.115. The summed E-state index contributed by atoms with van der Waals surface area (Å²) in [6.07, 6.45) is 0.391. The predicted molar refractivity (Wildman–Crippen MR) is 128 cm³/mol. The second-order valence-corrected chi connectivity index (χ2v) is 8.40. The molecule has 0 bridgehead atoms. The van der Waals surface area contributed by atoms with Crippen molar-refractivity contribution >= 4 is 56.4 Å². The predicted octanol–water partition coefficient (Wildman–Crippen LogP) is 5.27. The number of hydrogen-bond donors (Lipinski definition) is 3. The minimum Gasteiger partial charge on any atom is -0.492 e. The molecule has 8 heteroatoms. The molecule has 0 atom stereocenters. The average Bonchev–Trinajstić information content (AvgIpc) is 2.69. The summed E-state index contributed by atoms with van der Waals surface area (Å²) in [4.78, 5) is 24.2. The van der Waals surface area contributed by atoms with Crippen LogP contribution in [0.5, 0.6) is 5.75 Å². The van der Waals surface area contributed by atoms with Gasteiger partial charge in [0, 0.05) is 23.4 Å². The van der Waals surface area contributed by atoms with Crippen LogP contribution in [0, 0.1) is 12.8 Å². The third kappa shape index (κ3) is 6.81. The summed E-state index contributed by atoms with van der Waals surface area (Å²) >= 11 is 8.73. The third-order valence-electron chi connectivity index (χ3n) is 4.17. The average molecular weight is 492 g/mol. The van der Waals surface area contributed by atoms with Crippen molar-refractivity contribution in [1.82, 2.24) is 5.32 Å². The van der Waals surface area contributed by atoms with Crippen LogP contribution in [0.15, 0.2) is 40.9 Å². The van der Waals surface area contributed by atoms with Crippen LogP contribution < -0.4 is 20.7 Å². The summed E-state index contributed by atoms with van der Waals surface area (Å²) < 4.78 is 6.41. The normalized spacial score (nSPS) is 10.5. The Morgan fingerprint density at radius 2 is 1.80 bits per heavy atom. The van der Waals surface area contributed by atoms with Gasteiger partial charge in [0.05, 0.1) is 11.1 Å². The number of carbonyl (C=O) groups is 2. The van der Waals surface area contributed by atoms with Crippen LogP contribution >= 0.6 is 28.1 Å². The van der Waals surface area contributed by atoms with Gasteiger partial charge >= 0.3 is 0 Å². The first-order chi connectivity index (χ1) is 14.2. The lowest BCUT2D eigenvalue weighted by atomic mass is 10.1.